The number of nitrogens with zero attached hydrogens (tertiary/aromatic N) is 4. The Kier molecular flexibility index (Phi) is 6.48. The number of hydrogen-bond donors (Lipinski definition) is 0. The fourth-order valence-corrected chi connectivity index (χ4v) is 4.29. The highest BCUT2D eigenvalue weighted by Crippen LogP contribution is 2.32. The fraction of sp³-hybridized carbons (Fsp3) is 0.619. The Morgan fingerprint density at radius 2 is 1.96 bits per heavy atom. The van der Waals surface area contributed by atoms with Crippen molar-refractivity contribution >= 4 is 5.91 Å². The Morgan fingerprint density at radius 1 is 1.19 bits per heavy atom. The highest BCUT2D eigenvalue weighted by Gasteiger charge is 2.42. The molecule has 6 heteroatoms. The van der Waals surface area contributed by atoms with Crippen molar-refractivity contribution in [1.29, 1.82) is 5.26 Å². The predicted octanol–water partition coefficient (Wildman–Crippen LogP) is 1.70. The molecule has 0 saturated carbocycles. The summed E-state index contributed by atoms with van der Waals surface area (Å²) in [6, 6.07) is 10.0. The van der Waals surface area contributed by atoms with Gasteiger partial charge in [-0.25, -0.2) is 0 Å². The zero-order valence-corrected chi connectivity index (χ0v) is 16.5. The SMILES string of the molecule is COCCN1CCC2(CCC1=O)CN(Cc1ccc(C#N)cc1)CCN2C. The number of piperazine rings is 1. The third-order valence-electron chi connectivity index (χ3n) is 6.14. The first-order chi connectivity index (χ1) is 13.1. The number of likely N-dealkylation sites (tertiary alicyclic amines) is 1. The van der Waals surface area contributed by atoms with Crippen LogP contribution in [0.1, 0.15) is 30.4 Å². The molecule has 1 aromatic rings. The molecule has 0 aliphatic carbocycles. The van der Waals surface area contributed by atoms with Crippen LogP contribution in [0.4, 0.5) is 0 Å². The summed E-state index contributed by atoms with van der Waals surface area (Å²) in [7, 11) is 3.88. The van der Waals surface area contributed by atoms with Gasteiger partial charge in [0.15, 0.2) is 0 Å². The Labute approximate surface area is 162 Å². The van der Waals surface area contributed by atoms with E-state index in [2.05, 4.69) is 22.9 Å². The molecule has 146 valence electrons. The van der Waals surface area contributed by atoms with Gasteiger partial charge in [0.2, 0.25) is 5.91 Å². The van der Waals surface area contributed by atoms with Crippen LogP contribution < -0.4 is 0 Å². The van der Waals surface area contributed by atoms with E-state index in [1.807, 2.05) is 29.2 Å². The average Bonchev–Trinajstić information content (AvgIpc) is 2.84. The summed E-state index contributed by atoms with van der Waals surface area (Å²) in [5, 5.41) is 8.96. The molecule has 0 bridgehead atoms. The first-order valence-corrected chi connectivity index (χ1v) is 9.76. The maximum absolute atomic E-state index is 12.5. The van der Waals surface area contributed by atoms with Gasteiger partial charge in [-0.15, -0.1) is 0 Å². The van der Waals surface area contributed by atoms with Crippen LogP contribution in [0.25, 0.3) is 0 Å². The van der Waals surface area contributed by atoms with E-state index in [4.69, 9.17) is 10.00 Å². The minimum atomic E-state index is 0.0579. The molecule has 1 amide bonds. The van der Waals surface area contributed by atoms with Gasteiger partial charge in [0.05, 0.1) is 18.2 Å². The smallest absolute Gasteiger partial charge is 0.222 e. The van der Waals surface area contributed by atoms with Crippen LogP contribution in [-0.4, -0.2) is 79.6 Å². The zero-order valence-electron chi connectivity index (χ0n) is 16.5. The van der Waals surface area contributed by atoms with Crippen molar-refractivity contribution in [2.24, 2.45) is 0 Å². The molecule has 1 unspecified atom stereocenters. The molecule has 1 spiro atoms. The topological polar surface area (TPSA) is 59.8 Å². The summed E-state index contributed by atoms with van der Waals surface area (Å²) < 4.78 is 5.16. The summed E-state index contributed by atoms with van der Waals surface area (Å²) in [6.07, 6.45) is 2.53. The molecule has 2 saturated heterocycles. The van der Waals surface area contributed by atoms with Crippen molar-refractivity contribution in [1.82, 2.24) is 14.7 Å². The van der Waals surface area contributed by atoms with Gasteiger partial charge in [-0.3, -0.25) is 14.6 Å². The minimum absolute atomic E-state index is 0.0579. The van der Waals surface area contributed by atoms with E-state index in [0.717, 1.165) is 45.6 Å². The fourth-order valence-electron chi connectivity index (χ4n) is 4.29. The van der Waals surface area contributed by atoms with Gasteiger partial charge in [-0.1, -0.05) is 12.1 Å². The number of benzene rings is 1. The molecule has 2 fully saturated rings. The number of methoxy groups -OCH3 is 1. The van der Waals surface area contributed by atoms with Crippen molar-refractivity contribution in [3.8, 4) is 6.07 Å². The van der Waals surface area contributed by atoms with Crippen LogP contribution in [0.5, 0.6) is 0 Å². The largest absolute Gasteiger partial charge is 0.383 e. The zero-order chi connectivity index (χ0) is 19.3. The molecule has 0 aromatic heterocycles. The lowest BCUT2D eigenvalue weighted by atomic mass is 9.86. The van der Waals surface area contributed by atoms with E-state index in [1.54, 1.807) is 7.11 Å². The Morgan fingerprint density at radius 3 is 2.67 bits per heavy atom. The quantitative estimate of drug-likeness (QED) is 0.790. The summed E-state index contributed by atoms with van der Waals surface area (Å²) >= 11 is 0. The second-order valence-corrected chi connectivity index (χ2v) is 7.79. The first kappa shape index (κ1) is 19.8. The van der Waals surface area contributed by atoms with Gasteiger partial charge in [0.25, 0.3) is 0 Å². The number of amides is 1. The summed E-state index contributed by atoms with van der Waals surface area (Å²) in [5.74, 6) is 0.251. The third-order valence-corrected chi connectivity index (χ3v) is 6.14. The number of likely N-dealkylation sites (N-methyl/N-ethyl adjacent to an activating group) is 1. The van der Waals surface area contributed by atoms with Gasteiger partial charge in [-0.2, -0.15) is 5.26 Å². The number of nitriles is 1. The average molecular weight is 370 g/mol. The molecule has 2 heterocycles. The number of ether oxygens (including phenoxy) is 1. The molecule has 2 aliphatic rings. The van der Waals surface area contributed by atoms with Gasteiger partial charge in [0.1, 0.15) is 0 Å². The lowest BCUT2D eigenvalue weighted by Crippen LogP contribution is -2.60. The number of rotatable bonds is 5. The van der Waals surface area contributed by atoms with Crippen molar-refractivity contribution in [2.45, 2.75) is 31.3 Å². The van der Waals surface area contributed by atoms with Crippen molar-refractivity contribution in [3.63, 3.8) is 0 Å². The minimum Gasteiger partial charge on any atom is -0.383 e. The van der Waals surface area contributed by atoms with E-state index in [1.165, 1.54) is 5.56 Å². The molecule has 2 aliphatic heterocycles. The molecule has 27 heavy (non-hydrogen) atoms. The van der Waals surface area contributed by atoms with E-state index >= 15 is 0 Å². The molecular weight excluding hydrogens is 340 g/mol. The Hall–Kier alpha value is -1.94. The summed E-state index contributed by atoms with van der Waals surface area (Å²) in [5.41, 5.74) is 2.00. The van der Waals surface area contributed by atoms with Crippen LogP contribution >= 0.6 is 0 Å². The maximum Gasteiger partial charge on any atom is 0.222 e. The molecule has 6 nitrogen and oxygen atoms in total. The van der Waals surface area contributed by atoms with Crippen LogP contribution in [-0.2, 0) is 16.1 Å². The van der Waals surface area contributed by atoms with Crippen molar-refractivity contribution in [3.05, 3.63) is 35.4 Å². The highest BCUT2D eigenvalue weighted by molar-refractivity contribution is 5.76. The monoisotopic (exact) mass is 370 g/mol. The van der Waals surface area contributed by atoms with Crippen LogP contribution in [0.2, 0.25) is 0 Å². The first-order valence-electron chi connectivity index (χ1n) is 9.76. The van der Waals surface area contributed by atoms with Gasteiger partial charge in [-0.05, 0) is 37.6 Å². The van der Waals surface area contributed by atoms with E-state index in [-0.39, 0.29) is 11.4 Å². The molecule has 1 aromatic carbocycles. The standard InChI is InChI=1S/C21H30N4O2/c1-23-11-12-24(16-19-5-3-18(15-22)4-6-19)17-21(23)8-7-20(26)25(10-9-21)13-14-27-2/h3-6H,7-14,16-17H2,1-2H3. The highest BCUT2D eigenvalue weighted by atomic mass is 16.5. The molecule has 3 rings (SSSR count). The Balaban J connectivity index is 1.66. The maximum atomic E-state index is 12.5. The second-order valence-electron chi connectivity index (χ2n) is 7.79. The van der Waals surface area contributed by atoms with Crippen LogP contribution in [0, 0.1) is 11.3 Å². The van der Waals surface area contributed by atoms with Crippen LogP contribution in [0.15, 0.2) is 24.3 Å². The summed E-state index contributed by atoms with van der Waals surface area (Å²) in [6.45, 7) is 6.00. The molecular formula is C21H30N4O2. The molecule has 1 atom stereocenters. The predicted molar refractivity (Wildman–Crippen MR) is 104 cm³/mol. The number of carbonyl (C=O) groups is 1. The number of carbonyl (C=O) groups excluding carboxylic acids is 1. The van der Waals surface area contributed by atoms with E-state index in [9.17, 15) is 4.79 Å². The molecule has 0 N–H and O–H groups in total. The lowest BCUT2D eigenvalue weighted by molar-refractivity contribution is -0.131. The van der Waals surface area contributed by atoms with Gasteiger partial charge in [0, 0.05) is 58.3 Å². The van der Waals surface area contributed by atoms with Gasteiger partial charge < -0.3 is 9.64 Å². The van der Waals surface area contributed by atoms with Crippen molar-refractivity contribution < 1.29 is 9.53 Å². The van der Waals surface area contributed by atoms with E-state index in [0.29, 0.717) is 25.1 Å². The Bertz CT molecular complexity index is 684. The van der Waals surface area contributed by atoms with Gasteiger partial charge >= 0.3 is 0 Å². The van der Waals surface area contributed by atoms with E-state index < -0.39 is 0 Å². The van der Waals surface area contributed by atoms with Crippen LogP contribution in [0.3, 0.4) is 0 Å². The lowest BCUT2D eigenvalue weighted by Gasteiger charge is -2.49. The molecule has 0 radical (unpaired) electrons. The normalized spacial score (nSPS) is 24.8. The summed E-state index contributed by atoms with van der Waals surface area (Å²) in [4.78, 5) is 19.4. The number of hydrogen-bond acceptors (Lipinski definition) is 5. The van der Waals surface area contributed by atoms with Crippen molar-refractivity contribution in [2.75, 3.05) is 53.5 Å². The second kappa shape index (κ2) is 8.83. The third kappa shape index (κ3) is 4.67.